The predicted octanol–water partition coefficient (Wildman–Crippen LogP) is 2.49. The van der Waals surface area contributed by atoms with Crippen LogP contribution in [0.4, 0.5) is 4.39 Å². The molecule has 2 heteroatoms. The van der Waals surface area contributed by atoms with Crippen LogP contribution in [-0.2, 0) is 0 Å². The maximum absolute atomic E-state index is 12.8. The van der Waals surface area contributed by atoms with E-state index in [1.807, 2.05) is 24.3 Å². The quantitative estimate of drug-likeness (QED) is 0.590. The second kappa shape index (κ2) is 2.09. The second-order valence-electron chi connectivity index (χ2n) is 2.46. The Morgan fingerprint density at radius 3 is 2.73 bits per heavy atom. The van der Waals surface area contributed by atoms with E-state index in [1.165, 1.54) is 0 Å². The van der Waals surface area contributed by atoms with E-state index < -0.39 is 0 Å². The minimum absolute atomic E-state index is 0.341. The van der Waals surface area contributed by atoms with Gasteiger partial charge in [0.2, 0.25) is 0 Å². The van der Waals surface area contributed by atoms with Gasteiger partial charge in [-0.1, -0.05) is 18.2 Å². The van der Waals surface area contributed by atoms with Crippen molar-refractivity contribution in [2.75, 3.05) is 0 Å². The molecule has 0 saturated heterocycles. The van der Waals surface area contributed by atoms with Gasteiger partial charge < -0.3 is 4.98 Å². The summed E-state index contributed by atoms with van der Waals surface area (Å²) in [6.07, 6.45) is 0. The molecule has 2 aromatic rings. The van der Waals surface area contributed by atoms with Crippen LogP contribution in [0.15, 0.2) is 24.3 Å². The van der Waals surface area contributed by atoms with Gasteiger partial charge in [0.1, 0.15) is 0 Å². The number of hydrogen-bond donors (Lipinski definition) is 1. The van der Waals surface area contributed by atoms with E-state index in [0.29, 0.717) is 5.56 Å². The Hall–Kier alpha value is -1.31. The third-order valence-electron chi connectivity index (χ3n) is 1.76. The summed E-state index contributed by atoms with van der Waals surface area (Å²) in [5, 5.41) is 0.852. The molecule has 0 fully saturated rings. The number of nitrogens with one attached hydrogen (secondary N) is 1. The van der Waals surface area contributed by atoms with Gasteiger partial charge in [-0.15, -0.1) is 0 Å². The molecule has 55 valence electrons. The number of rotatable bonds is 0. The van der Waals surface area contributed by atoms with Crippen molar-refractivity contribution in [3.05, 3.63) is 42.7 Å². The Kier molecular flexibility index (Phi) is 1.22. The fourth-order valence-electron chi connectivity index (χ4n) is 1.17. The van der Waals surface area contributed by atoms with E-state index in [-0.39, 0.29) is 5.95 Å². The van der Waals surface area contributed by atoms with Crippen molar-refractivity contribution >= 4 is 10.9 Å². The van der Waals surface area contributed by atoms with Crippen LogP contribution < -0.4 is 0 Å². The van der Waals surface area contributed by atoms with Gasteiger partial charge in [0, 0.05) is 16.5 Å². The number of hydrogen-bond acceptors (Lipinski definition) is 0. The molecule has 11 heavy (non-hydrogen) atoms. The van der Waals surface area contributed by atoms with Crippen LogP contribution in [-0.4, -0.2) is 4.98 Å². The molecule has 2 rings (SSSR count). The number of H-pyrrole nitrogens is 1. The van der Waals surface area contributed by atoms with Crippen LogP contribution in [0.1, 0.15) is 5.56 Å². The summed E-state index contributed by atoms with van der Waals surface area (Å²) in [6.45, 7) is 3.60. The van der Waals surface area contributed by atoms with Crippen molar-refractivity contribution in [2.24, 2.45) is 0 Å². The Balaban J connectivity index is 2.92. The molecule has 0 saturated carbocycles. The fraction of sp³-hybridized carbons (Fsp3) is 0. The highest BCUT2D eigenvalue weighted by Gasteiger charge is 2.04. The van der Waals surface area contributed by atoms with Crippen LogP contribution in [0, 0.1) is 12.9 Å². The van der Waals surface area contributed by atoms with Gasteiger partial charge in [0.25, 0.3) is 0 Å². The lowest BCUT2D eigenvalue weighted by atomic mass is 10.2. The third-order valence-corrected chi connectivity index (χ3v) is 1.76. The average Bonchev–Trinajstić information content (AvgIpc) is 2.30. The molecule has 1 aromatic carbocycles. The van der Waals surface area contributed by atoms with Crippen molar-refractivity contribution < 1.29 is 4.39 Å². The van der Waals surface area contributed by atoms with Crippen LogP contribution in [0.2, 0.25) is 0 Å². The molecule has 1 nitrogen and oxygen atoms in total. The van der Waals surface area contributed by atoms with Crippen molar-refractivity contribution in [3.63, 3.8) is 0 Å². The van der Waals surface area contributed by atoms with Crippen molar-refractivity contribution in [1.29, 1.82) is 0 Å². The van der Waals surface area contributed by atoms with Crippen molar-refractivity contribution in [3.8, 4) is 0 Å². The number of aromatic nitrogens is 1. The van der Waals surface area contributed by atoms with Gasteiger partial charge in [0.05, 0.1) is 0 Å². The first kappa shape index (κ1) is 6.40. The van der Waals surface area contributed by atoms with Crippen LogP contribution in [0.3, 0.4) is 0 Å². The van der Waals surface area contributed by atoms with E-state index in [0.717, 1.165) is 10.9 Å². The Bertz CT molecular complexity index is 389. The molecule has 1 N–H and O–H groups in total. The molecule has 0 spiro atoms. The van der Waals surface area contributed by atoms with Gasteiger partial charge in [-0.05, 0) is 13.0 Å². The van der Waals surface area contributed by atoms with Crippen LogP contribution in [0.5, 0.6) is 0 Å². The maximum Gasteiger partial charge on any atom is 0.195 e. The highest BCUT2D eigenvalue weighted by atomic mass is 19.1. The molecule has 0 bridgehead atoms. The van der Waals surface area contributed by atoms with Crippen LogP contribution >= 0.6 is 0 Å². The van der Waals surface area contributed by atoms with Gasteiger partial charge in [-0.2, -0.15) is 4.39 Å². The largest absolute Gasteiger partial charge is 0.331 e. The van der Waals surface area contributed by atoms with E-state index in [4.69, 9.17) is 0 Å². The van der Waals surface area contributed by atoms with E-state index in [9.17, 15) is 4.39 Å². The standard InChI is InChI=1S/C9H7FN/c1-6-7-4-2-3-5-8(7)11-9(6)10/h2-5,11H,1H2. The first-order valence-corrected chi connectivity index (χ1v) is 3.37. The summed E-state index contributed by atoms with van der Waals surface area (Å²) in [6, 6.07) is 7.40. The first-order valence-electron chi connectivity index (χ1n) is 3.37. The Labute approximate surface area is 63.9 Å². The SMILES string of the molecule is [CH2]c1c(F)[nH]c2ccccc12. The lowest BCUT2D eigenvalue weighted by molar-refractivity contribution is 0.590. The highest BCUT2D eigenvalue weighted by molar-refractivity contribution is 5.83. The summed E-state index contributed by atoms with van der Waals surface area (Å²) in [5.41, 5.74) is 1.25. The number of fused-ring (bicyclic) bond motifs is 1. The number of para-hydroxylation sites is 1. The molecular weight excluding hydrogens is 141 g/mol. The smallest absolute Gasteiger partial charge is 0.195 e. The maximum atomic E-state index is 12.8. The topological polar surface area (TPSA) is 15.8 Å². The van der Waals surface area contributed by atoms with E-state index in [2.05, 4.69) is 11.9 Å². The number of halogens is 1. The molecule has 1 heterocycles. The monoisotopic (exact) mass is 148 g/mol. The zero-order valence-corrected chi connectivity index (χ0v) is 5.89. The van der Waals surface area contributed by atoms with Crippen molar-refractivity contribution in [2.45, 2.75) is 0 Å². The summed E-state index contributed by atoms with van der Waals surface area (Å²) in [5.74, 6) is -0.341. The summed E-state index contributed by atoms with van der Waals surface area (Å²) in [7, 11) is 0. The minimum Gasteiger partial charge on any atom is -0.331 e. The fourth-order valence-corrected chi connectivity index (χ4v) is 1.17. The van der Waals surface area contributed by atoms with Crippen LogP contribution in [0.25, 0.3) is 10.9 Å². The van der Waals surface area contributed by atoms with Gasteiger partial charge in [-0.25, -0.2) is 0 Å². The van der Waals surface area contributed by atoms with Gasteiger partial charge >= 0.3 is 0 Å². The molecule has 1 aromatic heterocycles. The zero-order chi connectivity index (χ0) is 7.84. The summed E-state index contributed by atoms with van der Waals surface area (Å²) in [4.78, 5) is 2.60. The summed E-state index contributed by atoms with van der Waals surface area (Å²) < 4.78 is 12.8. The van der Waals surface area contributed by atoms with E-state index in [1.54, 1.807) is 0 Å². The van der Waals surface area contributed by atoms with Crippen molar-refractivity contribution in [1.82, 2.24) is 4.98 Å². The molecule has 0 aliphatic heterocycles. The number of benzene rings is 1. The Morgan fingerprint density at radius 2 is 2.00 bits per heavy atom. The molecule has 1 radical (unpaired) electrons. The summed E-state index contributed by atoms with van der Waals surface area (Å²) >= 11 is 0. The second-order valence-corrected chi connectivity index (χ2v) is 2.46. The molecule has 0 aliphatic carbocycles. The van der Waals surface area contributed by atoms with Gasteiger partial charge in [0.15, 0.2) is 5.95 Å². The molecule has 0 amide bonds. The average molecular weight is 148 g/mol. The minimum atomic E-state index is -0.341. The van der Waals surface area contributed by atoms with Gasteiger partial charge in [-0.3, -0.25) is 0 Å². The Morgan fingerprint density at radius 1 is 1.27 bits per heavy atom. The normalized spacial score (nSPS) is 10.7. The molecule has 0 atom stereocenters. The predicted molar refractivity (Wildman–Crippen MR) is 42.7 cm³/mol. The lowest BCUT2D eigenvalue weighted by Gasteiger charge is -1.86. The molecule has 0 aliphatic rings. The zero-order valence-electron chi connectivity index (χ0n) is 5.89. The lowest BCUT2D eigenvalue weighted by Crippen LogP contribution is -1.72. The molecule has 0 unspecified atom stereocenters. The first-order chi connectivity index (χ1) is 5.29. The number of aromatic amines is 1. The third kappa shape index (κ3) is 0.827. The van der Waals surface area contributed by atoms with E-state index >= 15 is 0 Å². The molecular formula is C9H7FN. The highest BCUT2D eigenvalue weighted by Crippen LogP contribution is 2.19.